The molecule has 0 heterocycles. The molecule has 84 valence electrons. The molecule has 0 aromatic carbocycles. The van der Waals surface area contributed by atoms with Gasteiger partial charge < -0.3 is 9.84 Å². The zero-order valence-electron chi connectivity index (χ0n) is 9.45. The van der Waals surface area contributed by atoms with Crippen LogP contribution in [0.25, 0.3) is 0 Å². The van der Waals surface area contributed by atoms with E-state index < -0.39 is 6.10 Å². The number of rotatable bonds is 7. The average Bonchev–Trinajstić information content (AvgIpc) is 2.14. The number of carbonyl (C=O) groups is 1. The second-order valence-electron chi connectivity index (χ2n) is 3.63. The molecule has 0 saturated heterocycles. The SMILES string of the molecule is CCCCCC(=O)OC(CC)C(C)O. The summed E-state index contributed by atoms with van der Waals surface area (Å²) in [6, 6.07) is 0. The van der Waals surface area contributed by atoms with Crippen LogP contribution in [0.5, 0.6) is 0 Å². The van der Waals surface area contributed by atoms with Crippen LogP contribution in [0.4, 0.5) is 0 Å². The van der Waals surface area contributed by atoms with Gasteiger partial charge in [0, 0.05) is 6.42 Å². The molecular weight excluding hydrogens is 180 g/mol. The van der Waals surface area contributed by atoms with Gasteiger partial charge in [0.05, 0.1) is 6.10 Å². The average molecular weight is 202 g/mol. The Morgan fingerprint density at radius 1 is 1.36 bits per heavy atom. The highest BCUT2D eigenvalue weighted by Gasteiger charge is 2.16. The lowest BCUT2D eigenvalue weighted by Gasteiger charge is -2.18. The molecule has 2 atom stereocenters. The maximum Gasteiger partial charge on any atom is 0.306 e. The molecule has 3 heteroatoms. The summed E-state index contributed by atoms with van der Waals surface area (Å²) in [5.41, 5.74) is 0. The lowest BCUT2D eigenvalue weighted by molar-refractivity contribution is -0.154. The van der Waals surface area contributed by atoms with Crippen molar-refractivity contribution in [2.75, 3.05) is 0 Å². The molecule has 3 nitrogen and oxygen atoms in total. The molecular formula is C11H22O3. The first-order valence-electron chi connectivity index (χ1n) is 5.49. The molecule has 0 aliphatic rings. The largest absolute Gasteiger partial charge is 0.460 e. The molecule has 0 fully saturated rings. The minimum absolute atomic E-state index is 0.189. The summed E-state index contributed by atoms with van der Waals surface area (Å²) in [6.45, 7) is 5.64. The van der Waals surface area contributed by atoms with E-state index in [4.69, 9.17) is 4.74 Å². The van der Waals surface area contributed by atoms with Crippen molar-refractivity contribution in [3.05, 3.63) is 0 Å². The van der Waals surface area contributed by atoms with Crippen molar-refractivity contribution in [1.82, 2.24) is 0 Å². The van der Waals surface area contributed by atoms with Gasteiger partial charge in [-0.05, 0) is 19.8 Å². The van der Waals surface area contributed by atoms with Gasteiger partial charge in [-0.15, -0.1) is 0 Å². The molecule has 0 rings (SSSR count). The van der Waals surface area contributed by atoms with Crippen molar-refractivity contribution in [2.45, 2.75) is 65.1 Å². The first-order valence-corrected chi connectivity index (χ1v) is 5.49. The monoisotopic (exact) mass is 202 g/mol. The molecule has 0 spiro atoms. The van der Waals surface area contributed by atoms with E-state index in [0.717, 1.165) is 19.3 Å². The molecule has 14 heavy (non-hydrogen) atoms. The van der Waals surface area contributed by atoms with E-state index in [2.05, 4.69) is 6.92 Å². The molecule has 0 aromatic heterocycles. The summed E-state index contributed by atoms with van der Waals surface area (Å²) in [6.07, 6.45) is 3.25. The summed E-state index contributed by atoms with van der Waals surface area (Å²) >= 11 is 0. The highest BCUT2D eigenvalue weighted by Crippen LogP contribution is 2.07. The summed E-state index contributed by atoms with van der Waals surface area (Å²) < 4.78 is 5.12. The predicted octanol–water partition coefficient (Wildman–Crippen LogP) is 2.27. The Morgan fingerprint density at radius 3 is 2.43 bits per heavy atom. The van der Waals surface area contributed by atoms with Crippen LogP contribution in [0, 0.1) is 0 Å². The predicted molar refractivity (Wildman–Crippen MR) is 56.0 cm³/mol. The van der Waals surface area contributed by atoms with E-state index in [1.165, 1.54) is 0 Å². The Bertz CT molecular complexity index is 155. The Morgan fingerprint density at radius 2 is 2.00 bits per heavy atom. The first kappa shape index (κ1) is 13.4. The second kappa shape index (κ2) is 7.80. The Balaban J connectivity index is 3.68. The highest BCUT2D eigenvalue weighted by atomic mass is 16.6. The third-order valence-corrected chi connectivity index (χ3v) is 2.21. The third kappa shape index (κ3) is 5.97. The molecule has 0 saturated carbocycles. The fraction of sp³-hybridized carbons (Fsp3) is 0.909. The molecule has 2 unspecified atom stereocenters. The topological polar surface area (TPSA) is 46.5 Å². The van der Waals surface area contributed by atoms with Crippen LogP contribution in [0.2, 0.25) is 0 Å². The fourth-order valence-corrected chi connectivity index (χ4v) is 1.27. The van der Waals surface area contributed by atoms with Crippen LogP contribution in [-0.2, 0) is 9.53 Å². The van der Waals surface area contributed by atoms with Crippen molar-refractivity contribution < 1.29 is 14.6 Å². The zero-order chi connectivity index (χ0) is 11.0. The Hall–Kier alpha value is -0.570. The Labute approximate surface area is 86.5 Å². The fourth-order valence-electron chi connectivity index (χ4n) is 1.27. The van der Waals surface area contributed by atoms with Gasteiger partial charge in [0.1, 0.15) is 6.10 Å². The Kier molecular flexibility index (Phi) is 7.48. The van der Waals surface area contributed by atoms with Gasteiger partial charge in [-0.25, -0.2) is 0 Å². The molecule has 0 aliphatic carbocycles. The van der Waals surface area contributed by atoms with Gasteiger partial charge in [0.2, 0.25) is 0 Å². The van der Waals surface area contributed by atoms with Crippen molar-refractivity contribution in [3.63, 3.8) is 0 Å². The molecule has 0 amide bonds. The van der Waals surface area contributed by atoms with Crippen molar-refractivity contribution in [2.24, 2.45) is 0 Å². The standard InChI is InChI=1S/C11H22O3/c1-4-6-7-8-11(13)14-10(5-2)9(3)12/h9-10,12H,4-8H2,1-3H3. The highest BCUT2D eigenvalue weighted by molar-refractivity contribution is 5.69. The number of unbranched alkanes of at least 4 members (excludes halogenated alkanes) is 2. The number of hydrogen-bond acceptors (Lipinski definition) is 3. The third-order valence-electron chi connectivity index (χ3n) is 2.21. The van der Waals surface area contributed by atoms with Crippen LogP contribution < -0.4 is 0 Å². The summed E-state index contributed by atoms with van der Waals surface area (Å²) in [7, 11) is 0. The van der Waals surface area contributed by atoms with E-state index in [1.54, 1.807) is 6.92 Å². The maximum absolute atomic E-state index is 11.3. The molecule has 1 N–H and O–H groups in total. The van der Waals surface area contributed by atoms with Gasteiger partial charge >= 0.3 is 5.97 Å². The van der Waals surface area contributed by atoms with Crippen molar-refractivity contribution in [1.29, 1.82) is 0 Å². The quantitative estimate of drug-likeness (QED) is 0.509. The minimum Gasteiger partial charge on any atom is -0.460 e. The minimum atomic E-state index is -0.574. The van der Waals surface area contributed by atoms with Gasteiger partial charge in [0.25, 0.3) is 0 Å². The lowest BCUT2D eigenvalue weighted by Crippen LogP contribution is -2.28. The summed E-state index contributed by atoms with van der Waals surface area (Å²) in [5.74, 6) is -0.189. The number of aliphatic hydroxyl groups is 1. The molecule has 0 radical (unpaired) electrons. The number of esters is 1. The van der Waals surface area contributed by atoms with Crippen LogP contribution >= 0.6 is 0 Å². The zero-order valence-corrected chi connectivity index (χ0v) is 9.45. The van der Waals surface area contributed by atoms with E-state index >= 15 is 0 Å². The normalized spacial score (nSPS) is 14.9. The van der Waals surface area contributed by atoms with E-state index in [0.29, 0.717) is 12.8 Å². The molecule has 0 aliphatic heterocycles. The van der Waals surface area contributed by atoms with Crippen LogP contribution in [0.3, 0.4) is 0 Å². The van der Waals surface area contributed by atoms with E-state index in [9.17, 15) is 9.90 Å². The van der Waals surface area contributed by atoms with Crippen LogP contribution in [0.1, 0.15) is 52.9 Å². The van der Waals surface area contributed by atoms with E-state index in [-0.39, 0.29) is 12.1 Å². The molecule has 0 bridgehead atoms. The van der Waals surface area contributed by atoms with Gasteiger partial charge in [-0.2, -0.15) is 0 Å². The van der Waals surface area contributed by atoms with Gasteiger partial charge in [-0.3, -0.25) is 4.79 Å². The number of aliphatic hydroxyl groups excluding tert-OH is 1. The number of carbonyl (C=O) groups excluding carboxylic acids is 1. The number of hydrogen-bond donors (Lipinski definition) is 1. The van der Waals surface area contributed by atoms with Crippen LogP contribution in [-0.4, -0.2) is 23.3 Å². The van der Waals surface area contributed by atoms with Gasteiger partial charge in [0.15, 0.2) is 0 Å². The van der Waals surface area contributed by atoms with Crippen LogP contribution in [0.15, 0.2) is 0 Å². The van der Waals surface area contributed by atoms with Crippen molar-refractivity contribution >= 4 is 5.97 Å². The van der Waals surface area contributed by atoms with E-state index in [1.807, 2.05) is 6.92 Å². The smallest absolute Gasteiger partial charge is 0.306 e. The summed E-state index contributed by atoms with van der Waals surface area (Å²) in [5, 5.41) is 9.26. The lowest BCUT2D eigenvalue weighted by atomic mass is 10.1. The first-order chi connectivity index (χ1) is 6.61. The molecule has 0 aromatic rings. The summed E-state index contributed by atoms with van der Waals surface area (Å²) in [4.78, 5) is 11.3. The number of ether oxygens (including phenoxy) is 1. The van der Waals surface area contributed by atoms with Crippen molar-refractivity contribution in [3.8, 4) is 0 Å². The maximum atomic E-state index is 11.3. The second-order valence-corrected chi connectivity index (χ2v) is 3.63. The van der Waals surface area contributed by atoms with Gasteiger partial charge in [-0.1, -0.05) is 26.7 Å².